The van der Waals surface area contributed by atoms with E-state index in [1.807, 2.05) is 12.1 Å². The van der Waals surface area contributed by atoms with Crippen molar-refractivity contribution in [1.29, 1.82) is 0 Å². The van der Waals surface area contributed by atoms with Gasteiger partial charge < -0.3 is 15.0 Å². The molecule has 0 aliphatic heterocycles. The van der Waals surface area contributed by atoms with E-state index in [0.717, 1.165) is 24.1 Å². The summed E-state index contributed by atoms with van der Waals surface area (Å²) in [7, 11) is 1.64. The molecule has 0 spiro atoms. The number of aromatic nitrogens is 1. The van der Waals surface area contributed by atoms with Crippen LogP contribution in [0.3, 0.4) is 0 Å². The van der Waals surface area contributed by atoms with Crippen molar-refractivity contribution in [2.45, 2.75) is 32.7 Å². The van der Waals surface area contributed by atoms with Crippen LogP contribution in [0.4, 0.5) is 0 Å². The Kier molecular flexibility index (Phi) is 4.38. The van der Waals surface area contributed by atoms with Crippen LogP contribution in [-0.4, -0.2) is 18.2 Å². The normalized spacial score (nSPS) is 11.5. The van der Waals surface area contributed by atoms with E-state index in [-0.39, 0.29) is 0 Å². The maximum atomic E-state index is 6.24. The fraction of sp³-hybridized carbons (Fsp3) is 0.467. The zero-order valence-electron chi connectivity index (χ0n) is 11.7. The van der Waals surface area contributed by atoms with Crippen molar-refractivity contribution in [1.82, 2.24) is 4.57 Å². The summed E-state index contributed by atoms with van der Waals surface area (Å²) >= 11 is 6.24. The van der Waals surface area contributed by atoms with Gasteiger partial charge in [0.1, 0.15) is 5.75 Å². The summed E-state index contributed by atoms with van der Waals surface area (Å²) in [6.07, 6.45) is 4.18. The number of nitrogens with zero attached hydrogens (tertiary/aromatic N) is 1. The minimum absolute atomic E-state index is 0.401. The molecule has 0 atom stereocenters. The van der Waals surface area contributed by atoms with Gasteiger partial charge in [0, 0.05) is 17.6 Å². The lowest BCUT2D eigenvalue weighted by Crippen LogP contribution is -2.00. The number of nitrogens with two attached hydrogens (primary N) is 1. The largest absolute Gasteiger partial charge is 0.495 e. The third-order valence-electron chi connectivity index (χ3n) is 3.40. The molecular weight excluding hydrogens is 260 g/mol. The quantitative estimate of drug-likeness (QED) is 0.905. The number of benzene rings is 1. The lowest BCUT2D eigenvalue weighted by Gasteiger charge is -2.10. The van der Waals surface area contributed by atoms with E-state index < -0.39 is 0 Å². The molecule has 0 saturated carbocycles. The van der Waals surface area contributed by atoms with Crippen molar-refractivity contribution >= 4 is 22.5 Å². The molecule has 19 heavy (non-hydrogen) atoms. The maximum Gasteiger partial charge on any atom is 0.138 e. The zero-order chi connectivity index (χ0) is 14.0. The van der Waals surface area contributed by atoms with Gasteiger partial charge >= 0.3 is 0 Å². The number of aryl methyl sites for hydroxylation is 1. The van der Waals surface area contributed by atoms with Gasteiger partial charge in [0.05, 0.1) is 17.6 Å². The van der Waals surface area contributed by atoms with E-state index in [1.54, 1.807) is 7.11 Å². The molecule has 3 nitrogen and oxygen atoms in total. The Labute approximate surface area is 119 Å². The molecule has 0 fully saturated rings. The SMILES string of the molecule is COc1cc2c(CCCN)cn(C(C)C)c2cc1Cl. The topological polar surface area (TPSA) is 40.2 Å². The van der Waals surface area contributed by atoms with Crippen LogP contribution in [0.2, 0.25) is 5.02 Å². The predicted octanol–water partition coefficient (Wildman–Crippen LogP) is 3.78. The minimum Gasteiger partial charge on any atom is -0.495 e. The molecule has 0 amide bonds. The van der Waals surface area contributed by atoms with E-state index >= 15 is 0 Å². The summed E-state index contributed by atoms with van der Waals surface area (Å²) in [5.74, 6) is 0.727. The van der Waals surface area contributed by atoms with Gasteiger partial charge in [-0.15, -0.1) is 0 Å². The Balaban J connectivity index is 2.61. The number of hydrogen-bond acceptors (Lipinski definition) is 2. The van der Waals surface area contributed by atoms with Crippen LogP contribution in [0, 0.1) is 0 Å². The molecule has 104 valence electrons. The van der Waals surface area contributed by atoms with Crippen LogP contribution in [0.5, 0.6) is 5.75 Å². The summed E-state index contributed by atoms with van der Waals surface area (Å²) in [4.78, 5) is 0. The van der Waals surface area contributed by atoms with Gasteiger partial charge in [0.25, 0.3) is 0 Å². The Morgan fingerprint density at radius 1 is 1.37 bits per heavy atom. The molecule has 1 aromatic carbocycles. The van der Waals surface area contributed by atoms with E-state index in [9.17, 15) is 0 Å². The molecule has 0 radical (unpaired) electrons. The summed E-state index contributed by atoms with van der Waals surface area (Å²) in [5, 5.41) is 1.86. The van der Waals surface area contributed by atoms with Crippen LogP contribution in [-0.2, 0) is 6.42 Å². The summed E-state index contributed by atoms with van der Waals surface area (Å²) in [5.41, 5.74) is 8.08. The molecule has 1 heterocycles. The van der Waals surface area contributed by atoms with Crippen molar-refractivity contribution in [3.05, 3.63) is 28.9 Å². The van der Waals surface area contributed by atoms with Gasteiger partial charge in [-0.25, -0.2) is 0 Å². The molecule has 1 aromatic heterocycles. The molecule has 2 aromatic rings. The van der Waals surface area contributed by atoms with Crippen molar-refractivity contribution in [3.8, 4) is 5.75 Å². The van der Waals surface area contributed by atoms with Crippen LogP contribution in [0.15, 0.2) is 18.3 Å². The summed E-state index contributed by atoms with van der Waals surface area (Å²) in [6, 6.07) is 4.42. The maximum absolute atomic E-state index is 6.24. The first-order valence-corrected chi connectivity index (χ1v) is 7.03. The second-order valence-electron chi connectivity index (χ2n) is 5.05. The summed E-state index contributed by atoms with van der Waals surface area (Å²) in [6.45, 7) is 5.05. The Morgan fingerprint density at radius 3 is 2.68 bits per heavy atom. The molecule has 0 unspecified atom stereocenters. The number of ether oxygens (including phenoxy) is 1. The van der Waals surface area contributed by atoms with Crippen LogP contribution >= 0.6 is 11.6 Å². The highest BCUT2D eigenvalue weighted by Crippen LogP contribution is 2.34. The van der Waals surface area contributed by atoms with Crippen LogP contribution < -0.4 is 10.5 Å². The first-order chi connectivity index (χ1) is 9.08. The van der Waals surface area contributed by atoms with Crippen molar-refractivity contribution < 1.29 is 4.74 Å². The molecule has 0 bridgehead atoms. The number of hydrogen-bond donors (Lipinski definition) is 1. The van der Waals surface area contributed by atoms with Crippen molar-refractivity contribution in [2.24, 2.45) is 5.73 Å². The van der Waals surface area contributed by atoms with E-state index in [0.29, 0.717) is 17.6 Å². The Hall–Kier alpha value is -1.19. The van der Waals surface area contributed by atoms with Crippen molar-refractivity contribution in [3.63, 3.8) is 0 Å². The smallest absolute Gasteiger partial charge is 0.138 e. The highest BCUT2D eigenvalue weighted by Gasteiger charge is 2.13. The molecular formula is C15H21ClN2O. The first-order valence-electron chi connectivity index (χ1n) is 6.65. The average Bonchev–Trinajstić information content (AvgIpc) is 2.73. The highest BCUT2D eigenvalue weighted by molar-refractivity contribution is 6.32. The average molecular weight is 281 g/mol. The number of fused-ring (bicyclic) bond motifs is 1. The zero-order valence-corrected chi connectivity index (χ0v) is 12.5. The van der Waals surface area contributed by atoms with Crippen LogP contribution in [0.1, 0.15) is 31.9 Å². The third kappa shape index (κ3) is 2.72. The van der Waals surface area contributed by atoms with E-state index in [2.05, 4.69) is 24.6 Å². The standard InChI is InChI=1S/C15H21ClN2O/c1-10(2)18-9-11(5-4-6-17)12-7-15(19-3)13(16)8-14(12)18/h7-10H,4-6,17H2,1-3H3. The molecule has 4 heteroatoms. The predicted molar refractivity (Wildman–Crippen MR) is 81.3 cm³/mol. The second kappa shape index (κ2) is 5.85. The molecule has 0 aliphatic rings. The minimum atomic E-state index is 0.401. The molecule has 0 aliphatic carbocycles. The van der Waals surface area contributed by atoms with Gasteiger partial charge in [0.2, 0.25) is 0 Å². The lowest BCUT2D eigenvalue weighted by atomic mass is 10.1. The Morgan fingerprint density at radius 2 is 2.11 bits per heavy atom. The Bertz CT molecular complexity index is 575. The van der Waals surface area contributed by atoms with E-state index in [4.69, 9.17) is 22.1 Å². The number of halogens is 1. The van der Waals surface area contributed by atoms with Gasteiger partial charge in [0.15, 0.2) is 0 Å². The third-order valence-corrected chi connectivity index (χ3v) is 3.69. The van der Waals surface area contributed by atoms with Crippen molar-refractivity contribution in [2.75, 3.05) is 13.7 Å². The van der Waals surface area contributed by atoms with Gasteiger partial charge in [-0.3, -0.25) is 0 Å². The summed E-state index contributed by atoms with van der Waals surface area (Å²) < 4.78 is 7.57. The fourth-order valence-corrected chi connectivity index (χ4v) is 2.63. The van der Waals surface area contributed by atoms with Gasteiger partial charge in [-0.2, -0.15) is 0 Å². The second-order valence-corrected chi connectivity index (χ2v) is 5.46. The van der Waals surface area contributed by atoms with E-state index in [1.165, 1.54) is 10.9 Å². The first kappa shape index (κ1) is 14.2. The molecule has 2 rings (SSSR count). The van der Waals surface area contributed by atoms with Gasteiger partial charge in [-0.1, -0.05) is 11.6 Å². The molecule has 2 N–H and O–H groups in total. The lowest BCUT2D eigenvalue weighted by molar-refractivity contribution is 0.415. The monoisotopic (exact) mass is 280 g/mol. The highest BCUT2D eigenvalue weighted by atomic mass is 35.5. The fourth-order valence-electron chi connectivity index (χ4n) is 2.40. The van der Waals surface area contributed by atoms with Gasteiger partial charge in [-0.05, 0) is 50.9 Å². The van der Waals surface area contributed by atoms with Crippen LogP contribution in [0.25, 0.3) is 10.9 Å². The number of methoxy groups -OCH3 is 1. The number of rotatable bonds is 5. The molecule has 0 saturated heterocycles.